The van der Waals surface area contributed by atoms with Crippen molar-refractivity contribution in [3.63, 3.8) is 0 Å². The zero-order valence-electron chi connectivity index (χ0n) is 19.0. The first-order chi connectivity index (χ1) is 16.2. The van der Waals surface area contributed by atoms with E-state index in [2.05, 4.69) is 20.4 Å². The van der Waals surface area contributed by atoms with Crippen LogP contribution in [0.25, 0.3) is 0 Å². The Hall–Kier alpha value is -3.81. The number of nitrogens with one attached hydrogen (secondary N) is 1. The van der Waals surface area contributed by atoms with Crippen LogP contribution in [0.1, 0.15) is 24.2 Å². The summed E-state index contributed by atoms with van der Waals surface area (Å²) < 4.78 is 11.3. The fraction of sp³-hybridized carbons (Fsp3) is 0.320. The minimum atomic E-state index is -0.00727. The van der Waals surface area contributed by atoms with Crippen molar-refractivity contribution in [1.29, 1.82) is 0 Å². The van der Waals surface area contributed by atoms with Gasteiger partial charge in [0.25, 0.3) is 5.91 Å². The molecule has 8 nitrogen and oxygen atoms in total. The molecule has 1 fully saturated rings. The predicted octanol–water partition coefficient (Wildman–Crippen LogP) is 3.98. The summed E-state index contributed by atoms with van der Waals surface area (Å²) in [6.45, 7) is 7.51. The smallest absolute Gasteiger partial charge is 0.254 e. The topological polar surface area (TPSA) is 79.8 Å². The normalized spacial score (nSPS) is 13.5. The number of carbonyl (C=O) groups is 1. The van der Waals surface area contributed by atoms with Gasteiger partial charge in [-0.1, -0.05) is 18.2 Å². The van der Waals surface area contributed by atoms with E-state index in [1.165, 1.54) is 0 Å². The van der Waals surface area contributed by atoms with E-state index < -0.39 is 0 Å². The Bertz CT molecular complexity index is 1050. The molecule has 0 radical (unpaired) electrons. The molecule has 172 valence electrons. The van der Waals surface area contributed by atoms with E-state index in [1.54, 1.807) is 18.2 Å². The van der Waals surface area contributed by atoms with Crippen LogP contribution in [0, 0.1) is 0 Å². The van der Waals surface area contributed by atoms with Gasteiger partial charge in [0.15, 0.2) is 23.1 Å². The molecule has 1 aromatic heterocycles. The Morgan fingerprint density at radius 1 is 0.879 bits per heavy atom. The first-order valence-electron chi connectivity index (χ1n) is 11.3. The van der Waals surface area contributed by atoms with Crippen molar-refractivity contribution in [1.82, 2.24) is 15.1 Å². The van der Waals surface area contributed by atoms with Gasteiger partial charge < -0.3 is 24.6 Å². The highest BCUT2D eigenvalue weighted by Gasteiger charge is 2.24. The van der Waals surface area contributed by atoms with Crippen molar-refractivity contribution in [2.75, 3.05) is 49.6 Å². The number of carbonyl (C=O) groups excluding carboxylic acids is 1. The summed E-state index contributed by atoms with van der Waals surface area (Å²) in [5.74, 6) is 2.75. The highest BCUT2D eigenvalue weighted by molar-refractivity contribution is 5.95. The second-order valence-corrected chi connectivity index (χ2v) is 7.57. The van der Waals surface area contributed by atoms with E-state index in [1.807, 2.05) is 61.2 Å². The lowest BCUT2D eigenvalue weighted by molar-refractivity contribution is 0.0746. The number of aromatic nitrogens is 2. The van der Waals surface area contributed by atoms with Crippen LogP contribution in [-0.4, -0.2) is 60.4 Å². The number of nitrogens with zero attached hydrogens (tertiary/aromatic N) is 4. The average molecular weight is 448 g/mol. The van der Waals surface area contributed by atoms with E-state index in [0.29, 0.717) is 62.3 Å². The molecule has 0 unspecified atom stereocenters. The third-order valence-electron chi connectivity index (χ3n) is 5.38. The molecule has 1 aliphatic rings. The zero-order chi connectivity index (χ0) is 23.0. The number of amides is 1. The maximum Gasteiger partial charge on any atom is 0.254 e. The van der Waals surface area contributed by atoms with E-state index >= 15 is 0 Å². The molecule has 3 aromatic rings. The molecular formula is C25H29N5O3. The molecule has 4 rings (SSSR count). The number of piperazine rings is 1. The van der Waals surface area contributed by atoms with Gasteiger partial charge in [0, 0.05) is 37.4 Å². The lowest BCUT2D eigenvalue weighted by Gasteiger charge is -2.35. The number of benzene rings is 2. The maximum atomic E-state index is 13.1. The summed E-state index contributed by atoms with van der Waals surface area (Å²) in [6, 6.07) is 19.1. The number of hydrogen-bond donors (Lipinski definition) is 1. The van der Waals surface area contributed by atoms with Crippen molar-refractivity contribution in [2.45, 2.75) is 13.8 Å². The SMILES string of the molecule is CCOc1ccc(C(=O)N2CCN(c3ccc(Nc4ccccc4)nn3)CC2)cc1OCC. The van der Waals surface area contributed by atoms with Crippen LogP contribution in [0.15, 0.2) is 60.7 Å². The van der Waals surface area contributed by atoms with Crippen LogP contribution >= 0.6 is 0 Å². The number of hydrogen-bond acceptors (Lipinski definition) is 7. The Morgan fingerprint density at radius 2 is 1.61 bits per heavy atom. The van der Waals surface area contributed by atoms with Crippen LogP contribution in [0.5, 0.6) is 11.5 Å². The van der Waals surface area contributed by atoms with Gasteiger partial charge in [-0.2, -0.15) is 0 Å². The van der Waals surface area contributed by atoms with Gasteiger partial charge in [-0.15, -0.1) is 10.2 Å². The molecule has 33 heavy (non-hydrogen) atoms. The van der Waals surface area contributed by atoms with Gasteiger partial charge in [0.1, 0.15) is 0 Å². The lowest BCUT2D eigenvalue weighted by atomic mass is 10.1. The maximum absolute atomic E-state index is 13.1. The molecule has 0 aliphatic carbocycles. The summed E-state index contributed by atoms with van der Waals surface area (Å²) in [5.41, 5.74) is 1.57. The molecular weight excluding hydrogens is 418 g/mol. The Labute approximate surface area is 194 Å². The summed E-state index contributed by atoms with van der Waals surface area (Å²) in [7, 11) is 0. The molecule has 1 saturated heterocycles. The fourth-order valence-corrected chi connectivity index (χ4v) is 3.74. The zero-order valence-corrected chi connectivity index (χ0v) is 19.0. The van der Waals surface area contributed by atoms with Crippen molar-refractivity contribution < 1.29 is 14.3 Å². The van der Waals surface area contributed by atoms with Crippen LogP contribution in [0.3, 0.4) is 0 Å². The molecule has 2 aromatic carbocycles. The van der Waals surface area contributed by atoms with E-state index in [0.717, 1.165) is 11.5 Å². The molecule has 8 heteroatoms. The third kappa shape index (κ3) is 5.52. The number of rotatable bonds is 8. The van der Waals surface area contributed by atoms with Crippen LogP contribution < -0.4 is 19.7 Å². The standard InChI is InChI=1S/C25H29N5O3/c1-3-32-21-11-10-19(18-22(21)33-4-2)25(31)30-16-14-29(15-17-30)24-13-12-23(27-28-24)26-20-8-6-5-7-9-20/h5-13,18H,3-4,14-17H2,1-2H3,(H,26,27). The largest absolute Gasteiger partial charge is 0.490 e. The first kappa shape index (κ1) is 22.4. The van der Waals surface area contributed by atoms with Gasteiger partial charge >= 0.3 is 0 Å². The molecule has 0 spiro atoms. The fourth-order valence-electron chi connectivity index (χ4n) is 3.74. The summed E-state index contributed by atoms with van der Waals surface area (Å²) >= 11 is 0. The predicted molar refractivity (Wildman–Crippen MR) is 129 cm³/mol. The van der Waals surface area contributed by atoms with Crippen molar-refractivity contribution in [2.24, 2.45) is 0 Å². The van der Waals surface area contributed by atoms with Crippen molar-refractivity contribution in [3.8, 4) is 11.5 Å². The highest BCUT2D eigenvalue weighted by atomic mass is 16.5. The minimum absolute atomic E-state index is 0.00727. The molecule has 1 aliphatic heterocycles. The van der Waals surface area contributed by atoms with Gasteiger partial charge in [-0.25, -0.2) is 0 Å². The van der Waals surface area contributed by atoms with Crippen molar-refractivity contribution in [3.05, 3.63) is 66.2 Å². The third-order valence-corrected chi connectivity index (χ3v) is 5.38. The average Bonchev–Trinajstić information content (AvgIpc) is 2.86. The van der Waals surface area contributed by atoms with Crippen LogP contribution in [0.4, 0.5) is 17.3 Å². The number of anilines is 3. The molecule has 0 bridgehead atoms. The Balaban J connectivity index is 1.35. The summed E-state index contributed by atoms with van der Waals surface area (Å²) in [6.07, 6.45) is 0. The van der Waals surface area contributed by atoms with Gasteiger partial charge in [0.05, 0.1) is 13.2 Å². The molecule has 0 saturated carbocycles. The van der Waals surface area contributed by atoms with Gasteiger partial charge in [-0.05, 0) is 56.3 Å². The lowest BCUT2D eigenvalue weighted by Crippen LogP contribution is -2.49. The Kier molecular flexibility index (Phi) is 7.24. The number of para-hydroxylation sites is 1. The quantitative estimate of drug-likeness (QED) is 0.559. The highest BCUT2D eigenvalue weighted by Crippen LogP contribution is 2.29. The molecule has 1 N–H and O–H groups in total. The van der Waals surface area contributed by atoms with Gasteiger partial charge in [0.2, 0.25) is 0 Å². The molecule has 0 atom stereocenters. The summed E-state index contributed by atoms with van der Waals surface area (Å²) in [5, 5.41) is 11.9. The van der Waals surface area contributed by atoms with E-state index in [9.17, 15) is 4.79 Å². The minimum Gasteiger partial charge on any atom is -0.490 e. The van der Waals surface area contributed by atoms with Gasteiger partial charge in [-0.3, -0.25) is 4.79 Å². The molecule has 1 amide bonds. The van der Waals surface area contributed by atoms with Crippen LogP contribution in [-0.2, 0) is 0 Å². The van der Waals surface area contributed by atoms with Crippen molar-refractivity contribution >= 4 is 23.2 Å². The Morgan fingerprint density at radius 3 is 2.27 bits per heavy atom. The van der Waals surface area contributed by atoms with Crippen LogP contribution in [0.2, 0.25) is 0 Å². The first-order valence-corrected chi connectivity index (χ1v) is 11.3. The van der Waals surface area contributed by atoms with E-state index in [4.69, 9.17) is 9.47 Å². The second kappa shape index (κ2) is 10.7. The number of ether oxygens (including phenoxy) is 2. The second-order valence-electron chi connectivity index (χ2n) is 7.57. The summed E-state index contributed by atoms with van der Waals surface area (Å²) in [4.78, 5) is 17.1. The monoisotopic (exact) mass is 447 g/mol. The molecule has 2 heterocycles. The van der Waals surface area contributed by atoms with E-state index in [-0.39, 0.29) is 5.91 Å².